The highest BCUT2D eigenvalue weighted by atomic mass is 32.1. The summed E-state index contributed by atoms with van der Waals surface area (Å²) in [6.45, 7) is -0.692. The lowest BCUT2D eigenvalue weighted by Crippen LogP contribution is -2.46. The van der Waals surface area contributed by atoms with E-state index < -0.39 is 31.0 Å². The molecule has 0 aliphatic carbocycles. The van der Waals surface area contributed by atoms with Crippen LogP contribution in [0.2, 0.25) is 0 Å². The Balaban J connectivity index is 4.07. The van der Waals surface area contributed by atoms with Gasteiger partial charge < -0.3 is 25.5 Å². The molecule has 12 heavy (non-hydrogen) atoms. The molecule has 0 saturated heterocycles. The molecule has 0 heterocycles. The van der Waals surface area contributed by atoms with E-state index in [0.717, 1.165) is 5.37 Å². The highest BCUT2D eigenvalue weighted by Gasteiger charge is 2.28. The van der Waals surface area contributed by atoms with E-state index in [0.29, 0.717) is 0 Å². The molecule has 0 aromatic rings. The summed E-state index contributed by atoms with van der Waals surface area (Å²) in [5.41, 5.74) is 0. The first-order valence-corrected chi connectivity index (χ1v) is 3.80. The van der Waals surface area contributed by atoms with E-state index >= 15 is 0 Å². The number of aliphatic hydroxyl groups is 5. The molecule has 0 aliphatic rings. The zero-order valence-electron chi connectivity index (χ0n) is 6.24. The molecule has 5 N–H and O–H groups in total. The smallest absolute Gasteiger partial charge is 0.113 e. The Morgan fingerprint density at radius 2 is 1.58 bits per heavy atom. The number of thiocarbonyl (C=S) groups is 1. The van der Waals surface area contributed by atoms with Gasteiger partial charge in [0.15, 0.2) is 0 Å². The van der Waals surface area contributed by atoms with E-state index in [1.165, 1.54) is 0 Å². The third-order valence-corrected chi connectivity index (χ3v) is 1.70. The van der Waals surface area contributed by atoms with E-state index in [4.69, 9.17) is 25.5 Å². The second-order valence-corrected chi connectivity index (χ2v) is 2.63. The largest absolute Gasteiger partial charge is 0.394 e. The summed E-state index contributed by atoms with van der Waals surface area (Å²) < 4.78 is 0. The average Bonchev–Trinajstić information content (AvgIpc) is 2.12. The van der Waals surface area contributed by atoms with Gasteiger partial charge in [-0.3, -0.25) is 0 Å². The van der Waals surface area contributed by atoms with Gasteiger partial charge in [0.25, 0.3) is 0 Å². The minimum Gasteiger partial charge on any atom is -0.394 e. The van der Waals surface area contributed by atoms with Crippen LogP contribution in [0.15, 0.2) is 0 Å². The Kier molecular flexibility index (Phi) is 5.47. The van der Waals surface area contributed by atoms with E-state index in [2.05, 4.69) is 12.2 Å². The summed E-state index contributed by atoms with van der Waals surface area (Å²) in [5, 5.41) is 44.9. The van der Waals surface area contributed by atoms with Crippen LogP contribution in [0, 0.1) is 0 Å². The second kappa shape index (κ2) is 5.52. The topological polar surface area (TPSA) is 101 Å². The fourth-order valence-electron chi connectivity index (χ4n) is 0.618. The molecule has 72 valence electrons. The Morgan fingerprint density at radius 1 is 1.08 bits per heavy atom. The summed E-state index contributed by atoms with van der Waals surface area (Å²) in [6, 6.07) is 0. The normalized spacial score (nSPS) is 21.1. The van der Waals surface area contributed by atoms with Gasteiger partial charge in [0, 0.05) is 5.37 Å². The molecule has 0 bridgehead atoms. The van der Waals surface area contributed by atoms with Crippen molar-refractivity contribution in [2.24, 2.45) is 0 Å². The van der Waals surface area contributed by atoms with Crippen LogP contribution in [0.1, 0.15) is 0 Å². The van der Waals surface area contributed by atoms with Gasteiger partial charge in [0.05, 0.1) is 6.61 Å². The Labute approximate surface area is 74.9 Å². The monoisotopic (exact) mass is 196 g/mol. The van der Waals surface area contributed by atoms with Gasteiger partial charge in [-0.05, 0) is 0 Å². The van der Waals surface area contributed by atoms with Gasteiger partial charge in [-0.15, -0.1) is 0 Å². The maximum Gasteiger partial charge on any atom is 0.113 e. The predicted molar refractivity (Wildman–Crippen MR) is 44.8 cm³/mol. The van der Waals surface area contributed by atoms with Crippen molar-refractivity contribution in [2.75, 3.05) is 6.61 Å². The van der Waals surface area contributed by atoms with E-state index in [-0.39, 0.29) is 0 Å². The van der Waals surface area contributed by atoms with Gasteiger partial charge in [0.2, 0.25) is 0 Å². The standard InChI is InChI=1S/C6H12O5S/c7-1-3(8)5(10)6(11)4(9)2-12/h2-11H,1H2/t3-,4-,5-,6+/m1/s1. The zero-order valence-corrected chi connectivity index (χ0v) is 7.05. The molecule has 0 spiro atoms. The molecule has 0 radical (unpaired) electrons. The van der Waals surface area contributed by atoms with Crippen molar-refractivity contribution in [2.45, 2.75) is 24.4 Å². The van der Waals surface area contributed by atoms with Crippen molar-refractivity contribution in [3.05, 3.63) is 0 Å². The molecule has 0 fully saturated rings. The third kappa shape index (κ3) is 3.10. The molecule has 0 rings (SSSR count). The zero-order chi connectivity index (χ0) is 9.72. The number of hydrogen-bond acceptors (Lipinski definition) is 6. The molecule has 0 unspecified atom stereocenters. The van der Waals surface area contributed by atoms with Crippen LogP contribution < -0.4 is 0 Å². The molecule has 5 nitrogen and oxygen atoms in total. The Bertz CT molecular complexity index is 142. The fourth-order valence-corrected chi connectivity index (χ4v) is 0.779. The van der Waals surface area contributed by atoms with Crippen LogP contribution in [-0.2, 0) is 0 Å². The van der Waals surface area contributed by atoms with Crippen LogP contribution in [0.3, 0.4) is 0 Å². The fraction of sp³-hybridized carbons (Fsp3) is 0.833. The summed E-state index contributed by atoms with van der Waals surface area (Å²) in [6.07, 6.45) is -6.06. The lowest BCUT2D eigenvalue weighted by molar-refractivity contribution is -0.0996. The van der Waals surface area contributed by atoms with Crippen LogP contribution in [0.4, 0.5) is 0 Å². The summed E-state index contributed by atoms with van der Waals surface area (Å²) >= 11 is 4.30. The molecular weight excluding hydrogens is 184 g/mol. The predicted octanol–water partition coefficient (Wildman–Crippen LogP) is -2.58. The lowest BCUT2D eigenvalue weighted by atomic mass is 10.0. The first-order chi connectivity index (χ1) is 5.54. The number of rotatable bonds is 5. The highest BCUT2D eigenvalue weighted by molar-refractivity contribution is 7.79. The summed E-state index contributed by atoms with van der Waals surface area (Å²) in [5.74, 6) is 0. The number of aliphatic hydroxyl groups excluding tert-OH is 5. The van der Waals surface area contributed by atoms with Gasteiger partial charge in [-0.1, -0.05) is 12.2 Å². The van der Waals surface area contributed by atoms with Crippen LogP contribution in [0.25, 0.3) is 0 Å². The van der Waals surface area contributed by atoms with Crippen molar-refractivity contribution in [1.82, 2.24) is 0 Å². The Hall–Kier alpha value is -0.110. The molecular formula is C6H12O5S. The molecule has 0 aromatic carbocycles. The van der Waals surface area contributed by atoms with Crippen LogP contribution in [-0.4, -0.2) is 61.9 Å². The average molecular weight is 196 g/mol. The minimum absolute atomic E-state index is 0.692. The highest BCUT2D eigenvalue weighted by Crippen LogP contribution is 2.03. The van der Waals surface area contributed by atoms with Crippen molar-refractivity contribution in [1.29, 1.82) is 0 Å². The van der Waals surface area contributed by atoms with Crippen LogP contribution >= 0.6 is 12.2 Å². The van der Waals surface area contributed by atoms with Gasteiger partial charge in [-0.2, -0.15) is 0 Å². The third-order valence-electron chi connectivity index (χ3n) is 1.42. The summed E-state index contributed by atoms with van der Waals surface area (Å²) in [7, 11) is 0. The maximum atomic E-state index is 9.02. The molecule has 6 heteroatoms. The number of hydrogen-bond donors (Lipinski definition) is 5. The lowest BCUT2D eigenvalue weighted by Gasteiger charge is -2.23. The van der Waals surface area contributed by atoms with Crippen molar-refractivity contribution < 1.29 is 25.5 Å². The molecule has 0 aliphatic heterocycles. The van der Waals surface area contributed by atoms with E-state index in [9.17, 15) is 0 Å². The Morgan fingerprint density at radius 3 is 1.92 bits per heavy atom. The minimum atomic E-state index is -1.61. The van der Waals surface area contributed by atoms with Crippen molar-refractivity contribution in [3.63, 3.8) is 0 Å². The quantitative estimate of drug-likeness (QED) is 0.310. The van der Waals surface area contributed by atoms with Gasteiger partial charge in [-0.25, -0.2) is 0 Å². The van der Waals surface area contributed by atoms with Gasteiger partial charge in [0.1, 0.15) is 24.4 Å². The molecule has 0 amide bonds. The first-order valence-electron chi connectivity index (χ1n) is 3.33. The molecule has 0 saturated carbocycles. The molecule has 4 atom stereocenters. The molecule has 0 aromatic heterocycles. The van der Waals surface area contributed by atoms with Crippen molar-refractivity contribution in [3.8, 4) is 0 Å². The van der Waals surface area contributed by atoms with E-state index in [1.807, 2.05) is 0 Å². The van der Waals surface area contributed by atoms with Gasteiger partial charge >= 0.3 is 0 Å². The second-order valence-electron chi connectivity index (χ2n) is 2.36. The van der Waals surface area contributed by atoms with Crippen LogP contribution in [0.5, 0.6) is 0 Å². The van der Waals surface area contributed by atoms with Crippen molar-refractivity contribution >= 4 is 17.6 Å². The van der Waals surface area contributed by atoms with E-state index in [1.54, 1.807) is 0 Å². The SMILES string of the molecule is OC[C@@H](O)[C@@H](O)[C@@H](O)[C@H](O)C=S. The summed E-state index contributed by atoms with van der Waals surface area (Å²) in [4.78, 5) is 0. The maximum absolute atomic E-state index is 9.02. The first kappa shape index (κ1) is 11.9.